The fourth-order valence-corrected chi connectivity index (χ4v) is 3.04. The van der Waals surface area contributed by atoms with Crippen LogP contribution in [-0.2, 0) is 4.84 Å². The second-order valence-electron chi connectivity index (χ2n) is 6.19. The number of halogens is 1. The minimum atomic E-state index is -0.368. The Kier molecular flexibility index (Phi) is 4.39. The largest absolute Gasteiger partial charge is 0.489 e. The number of aryl methyl sites for hydroxylation is 1. The maximum absolute atomic E-state index is 11.5. The molecule has 1 aliphatic rings. The van der Waals surface area contributed by atoms with Crippen LogP contribution < -0.4 is 10.4 Å². The van der Waals surface area contributed by atoms with Crippen molar-refractivity contribution >= 4 is 28.3 Å². The Hall–Kier alpha value is -2.79. The molecule has 0 radical (unpaired) electrons. The lowest BCUT2D eigenvalue weighted by Crippen LogP contribution is -2.18. The first-order valence-electron chi connectivity index (χ1n) is 8.24. The fraction of sp³-hybridized carbons (Fsp3) is 0.200. The monoisotopic (exact) mass is 369 g/mol. The van der Waals surface area contributed by atoms with Gasteiger partial charge in [0.05, 0.1) is 5.71 Å². The molecule has 2 aromatic carbocycles. The molecule has 0 spiro atoms. The molecule has 1 aliphatic heterocycles. The Balaban J connectivity index is 1.41. The summed E-state index contributed by atoms with van der Waals surface area (Å²) >= 11 is 5.91. The van der Waals surface area contributed by atoms with E-state index in [2.05, 4.69) is 5.16 Å². The summed E-state index contributed by atoms with van der Waals surface area (Å²) in [5.41, 5.74) is 2.88. The van der Waals surface area contributed by atoms with Crippen LogP contribution in [0.15, 0.2) is 62.9 Å². The first kappa shape index (κ1) is 16.7. The molecule has 132 valence electrons. The van der Waals surface area contributed by atoms with E-state index in [9.17, 15) is 4.79 Å². The third-order valence-electron chi connectivity index (χ3n) is 4.27. The highest BCUT2D eigenvalue weighted by atomic mass is 35.5. The summed E-state index contributed by atoms with van der Waals surface area (Å²) in [5, 5.41) is 5.71. The molecule has 0 N–H and O–H groups in total. The topological polar surface area (TPSA) is 61.0 Å². The summed E-state index contributed by atoms with van der Waals surface area (Å²) in [4.78, 5) is 17.0. The molecule has 1 atom stereocenters. The molecule has 0 aliphatic carbocycles. The Morgan fingerprint density at radius 3 is 2.81 bits per heavy atom. The van der Waals surface area contributed by atoms with Crippen LogP contribution in [-0.4, -0.2) is 18.4 Å². The zero-order valence-electron chi connectivity index (χ0n) is 14.1. The molecule has 4 rings (SSSR count). The van der Waals surface area contributed by atoms with Crippen LogP contribution in [0.3, 0.4) is 0 Å². The lowest BCUT2D eigenvalue weighted by Gasteiger charge is -2.11. The predicted octanol–water partition coefficient (Wildman–Crippen LogP) is 4.33. The predicted molar refractivity (Wildman–Crippen MR) is 100 cm³/mol. The van der Waals surface area contributed by atoms with Crippen LogP contribution in [0.25, 0.3) is 11.0 Å². The fourth-order valence-electron chi connectivity index (χ4n) is 2.91. The molecular weight excluding hydrogens is 354 g/mol. The highest BCUT2D eigenvalue weighted by Crippen LogP contribution is 2.24. The third-order valence-corrected chi connectivity index (χ3v) is 4.52. The van der Waals surface area contributed by atoms with Gasteiger partial charge in [0.1, 0.15) is 17.9 Å². The average molecular weight is 370 g/mol. The van der Waals surface area contributed by atoms with E-state index in [1.807, 2.05) is 43.3 Å². The highest BCUT2D eigenvalue weighted by Gasteiger charge is 2.23. The standard InChI is InChI=1S/C20H16ClNO4/c1-12-8-20(23)25-19-10-15(6-7-17(12)19)24-11-16-9-18(22-26-16)13-2-4-14(21)5-3-13/h2-8,10,16H,9,11H2,1H3/t16-/m0/s1. The minimum Gasteiger partial charge on any atom is -0.489 e. The van der Waals surface area contributed by atoms with Crippen molar-refractivity contribution in [2.45, 2.75) is 19.4 Å². The minimum absolute atomic E-state index is 0.166. The quantitative estimate of drug-likeness (QED) is 0.642. The molecule has 26 heavy (non-hydrogen) atoms. The Labute approximate surface area is 154 Å². The smallest absolute Gasteiger partial charge is 0.336 e. The SMILES string of the molecule is Cc1cc(=O)oc2cc(OC[C@@H]3CC(c4ccc(Cl)cc4)=NO3)ccc12. The van der Waals surface area contributed by atoms with Crippen LogP contribution in [0.2, 0.25) is 5.02 Å². The molecular formula is C20H16ClNO4. The van der Waals surface area contributed by atoms with Crippen molar-refractivity contribution in [3.8, 4) is 5.75 Å². The molecule has 6 heteroatoms. The first-order valence-corrected chi connectivity index (χ1v) is 8.62. The van der Waals surface area contributed by atoms with Gasteiger partial charge >= 0.3 is 5.63 Å². The van der Waals surface area contributed by atoms with Crippen LogP contribution in [0.1, 0.15) is 17.5 Å². The summed E-state index contributed by atoms with van der Waals surface area (Å²) in [6.45, 7) is 2.23. The van der Waals surface area contributed by atoms with E-state index in [-0.39, 0.29) is 11.7 Å². The van der Waals surface area contributed by atoms with Gasteiger partial charge in [-0.2, -0.15) is 0 Å². The molecule has 0 saturated heterocycles. The molecule has 0 fully saturated rings. The van der Waals surface area contributed by atoms with Gasteiger partial charge in [0, 0.05) is 29.0 Å². The molecule has 5 nitrogen and oxygen atoms in total. The number of hydrogen-bond donors (Lipinski definition) is 0. The number of fused-ring (bicyclic) bond motifs is 1. The van der Waals surface area contributed by atoms with Crippen molar-refractivity contribution in [3.63, 3.8) is 0 Å². The van der Waals surface area contributed by atoms with Gasteiger partial charge in [-0.1, -0.05) is 28.9 Å². The molecule has 1 aromatic heterocycles. The van der Waals surface area contributed by atoms with E-state index in [0.29, 0.717) is 29.4 Å². The Morgan fingerprint density at radius 2 is 2.00 bits per heavy atom. The van der Waals surface area contributed by atoms with Gasteiger partial charge in [-0.3, -0.25) is 0 Å². The zero-order valence-corrected chi connectivity index (χ0v) is 14.8. The molecule has 0 amide bonds. The van der Waals surface area contributed by atoms with E-state index in [4.69, 9.17) is 25.6 Å². The lowest BCUT2D eigenvalue weighted by atomic mass is 10.1. The number of hydrogen-bond acceptors (Lipinski definition) is 5. The lowest BCUT2D eigenvalue weighted by molar-refractivity contribution is 0.0471. The first-order chi connectivity index (χ1) is 12.6. The number of rotatable bonds is 4. The number of benzene rings is 2. The Morgan fingerprint density at radius 1 is 1.19 bits per heavy atom. The summed E-state index contributed by atoms with van der Waals surface area (Å²) in [6, 6.07) is 14.4. The van der Waals surface area contributed by atoms with E-state index in [1.54, 1.807) is 6.07 Å². The summed E-state index contributed by atoms with van der Waals surface area (Å²) < 4.78 is 11.0. The summed E-state index contributed by atoms with van der Waals surface area (Å²) in [6.07, 6.45) is 0.490. The number of nitrogens with zero attached hydrogens (tertiary/aromatic N) is 1. The van der Waals surface area contributed by atoms with Gasteiger partial charge in [-0.25, -0.2) is 4.79 Å². The number of ether oxygens (including phenoxy) is 1. The number of oxime groups is 1. The van der Waals surface area contributed by atoms with Crippen LogP contribution in [0, 0.1) is 6.92 Å². The maximum Gasteiger partial charge on any atom is 0.336 e. The van der Waals surface area contributed by atoms with Crippen LogP contribution >= 0.6 is 11.6 Å². The van der Waals surface area contributed by atoms with Crippen LogP contribution in [0.5, 0.6) is 5.75 Å². The van der Waals surface area contributed by atoms with Crippen molar-refractivity contribution in [1.82, 2.24) is 0 Å². The zero-order chi connectivity index (χ0) is 18.1. The summed E-state index contributed by atoms with van der Waals surface area (Å²) in [5.74, 6) is 0.620. The van der Waals surface area contributed by atoms with Crippen molar-refractivity contribution in [2.24, 2.45) is 5.16 Å². The third kappa shape index (κ3) is 3.44. The van der Waals surface area contributed by atoms with Gasteiger partial charge in [0.2, 0.25) is 0 Å². The van der Waals surface area contributed by atoms with Crippen molar-refractivity contribution < 1.29 is 14.0 Å². The van der Waals surface area contributed by atoms with E-state index >= 15 is 0 Å². The normalized spacial score (nSPS) is 16.4. The maximum atomic E-state index is 11.5. The Bertz CT molecular complexity index is 1040. The van der Waals surface area contributed by atoms with Gasteiger partial charge in [-0.05, 0) is 42.3 Å². The van der Waals surface area contributed by atoms with Crippen molar-refractivity contribution in [3.05, 3.63) is 75.1 Å². The van der Waals surface area contributed by atoms with Gasteiger partial charge in [-0.15, -0.1) is 0 Å². The molecule has 0 saturated carbocycles. The van der Waals surface area contributed by atoms with Gasteiger partial charge < -0.3 is 14.0 Å². The van der Waals surface area contributed by atoms with Gasteiger partial charge in [0.15, 0.2) is 6.10 Å². The van der Waals surface area contributed by atoms with E-state index in [0.717, 1.165) is 22.2 Å². The molecule has 3 aromatic rings. The van der Waals surface area contributed by atoms with Crippen molar-refractivity contribution in [2.75, 3.05) is 6.61 Å². The van der Waals surface area contributed by atoms with Crippen LogP contribution in [0.4, 0.5) is 0 Å². The van der Waals surface area contributed by atoms with E-state index < -0.39 is 0 Å². The second-order valence-corrected chi connectivity index (χ2v) is 6.63. The van der Waals surface area contributed by atoms with E-state index in [1.165, 1.54) is 6.07 Å². The average Bonchev–Trinajstić information content (AvgIpc) is 3.09. The summed E-state index contributed by atoms with van der Waals surface area (Å²) in [7, 11) is 0. The molecule has 0 bridgehead atoms. The molecule has 2 heterocycles. The highest BCUT2D eigenvalue weighted by molar-refractivity contribution is 6.30. The van der Waals surface area contributed by atoms with Crippen molar-refractivity contribution in [1.29, 1.82) is 0 Å². The second kappa shape index (κ2) is 6.84. The molecule has 0 unspecified atom stereocenters. The van der Waals surface area contributed by atoms with Gasteiger partial charge in [0.25, 0.3) is 0 Å².